The second-order valence-corrected chi connectivity index (χ2v) is 3.74. The SMILES string of the molecule is CSc1ccc(N(C)C)cc1C#N. The summed E-state index contributed by atoms with van der Waals surface area (Å²) in [6, 6.07) is 8.11. The highest BCUT2D eigenvalue weighted by Gasteiger charge is 2.02. The Labute approximate surface area is 83.2 Å². The molecule has 0 atom stereocenters. The number of hydrogen-bond donors (Lipinski definition) is 0. The van der Waals surface area contributed by atoms with E-state index in [4.69, 9.17) is 5.26 Å². The van der Waals surface area contributed by atoms with E-state index in [1.54, 1.807) is 11.8 Å². The van der Waals surface area contributed by atoms with Crippen LogP contribution in [0.15, 0.2) is 23.1 Å². The van der Waals surface area contributed by atoms with E-state index in [0.29, 0.717) is 0 Å². The fourth-order valence-electron chi connectivity index (χ4n) is 1.06. The molecule has 0 bridgehead atoms. The number of anilines is 1. The van der Waals surface area contributed by atoms with E-state index in [2.05, 4.69) is 6.07 Å². The van der Waals surface area contributed by atoms with E-state index in [1.807, 2.05) is 43.5 Å². The normalized spacial score (nSPS) is 9.38. The average Bonchev–Trinajstić information content (AvgIpc) is 2.16. The number of hydrogen-bond acceptors (Lipinski definition) is 3. The van der Waals surface area contributed by atoms with Crippen molar-refractivity contribution in [3.05, 3.63) is 23.8 Å². The van der Waals surface area contributed by atoms with Gasteiger partial charge in [0.2, 0.25) is 0 Å². The zero-order chi connectivity index (χ0) is 9.84. The van der Waals surface area contributed by atoms with Crippen LogP contribution in [0.25, 0.3) is 0 Å². The monoisotopic (exact) mass is 192 g/mol. The molecule has 0 aliphatic carbocycles. The molecule has 0 spiro atoms. The molecule has 0 saturated heterocycles. The molecule has 0 aromatic heterocycles. The molecule has 68 valence electrons. The van der Waals surface area contributed by atoms with Crippen molar-refractivity contribution in [2.24, 2.45) is 0 Å². The minimum absolute atomic E-state index is 0.749. The summed E-state index contributed by atoms with van der Waals surface area (Å²) in [4.78, 5) is 3.03. The third-order valence-corrected chi connectivity index (χ3v) is 2.62. The van der Waals surface area contributed by atoms with Crippen LogP contribution in [0.1, 0.15) is 5.56 Å². The summed E-state index contributed by atoms with van der Waals surface area (Å²) in [5.41, 5.74) is 1.81. The predicted octanol–water partition coefficient (Wildman–Crippen LogP) is 2.35. The van der Waals surface area contributed by atoms with Gasteiger partial charge in [-0.3, -0.25) is 0 Å². The van der Waals surface area contributed by atoms with E-state index >= 15 is 0 Å². The van der Waals surface area contributed by atoms with Crippen LogP contribution in [-0.2, 0) is 0 Å². The highest BCUT2D eigenvalue weighted by Crippen LogP contribution is 2.24. The van der Waals surface area contributed by atoms with Crippen LogP contribution >= 0.6 is 11.8 Å². The van der Waals surface area contributed by atoms with E-state index in [-0.39, 0.29) is 0 Å². The van der Waals surface area contributed by atoms with Gasteiger partial charge in [-0.2, -0.15) is 5.26 Å². The van der Waals surface area contributed by atoms with Crippen molar-refractivity contribution in [3.63, 3.8) is 0 Å². The maximum atomic E-state index is 8.87. The molecule has 0 unspecified atom stereocenters. The highest BCUT2D eigenvalue weighted by atomic mass is 32.2. The molecule has 3 heteroatoms. The summed E-state index contributed by atoms with van der Waals surface area (Å²) in [6.07, 6.45) is 1.98. The molecule has 0 aliphatic rings. The Bertz CT molecular complexity index is 339. The van der Waals surface area contributed by atoms with Gasteiger partial charge in [-0.15, -0.1) is 11.8 Å². The quantitative estimate of drug-likeness (QED) is 0.673. The van der Waals surface area contributed by atoms with Gasteiger partial charge < -0.3 is 4.90 Å². The van der Waals surface area contributed by atoms with Gasteiger partial charge in [0.05, 0.1) is 5.56 Å². The Morgan fingerprint density at radius 3 is 2.54 bits per heavy atom. The smallest absolute Gasteiger partial charge is 0.100 e. The van der Waals surface area contributed by atoms with Gasteiger partial charge in [-0.1, -0.05) is 0 Å². The second-order valence-electron chi connectivity index (χ2n) is 2.89. The van der Waals surface area contributed by atoms with Crippen LogP contribution in [0, 0.1) is 11.3 Å². The molecule has 2 nitrogen and oxygen atoms in total. The van der Waals surface area contributed by atoms with Crippen molar-refractivity contribution in [3.8, 4) is 6.07 Å². The number of nitrogens with zero attached hydrogens (tertiary/aromatic N) is 2. The molecule has 1 aromatic rings. The largest absolute Gasteiger partial charge is 0.378 e. The number of rotatable bonds is 2. The predicted molar refractivity (Wildman–Crippen MR) is 57.3 cm³/mol. The lowest BCUT2D eigenvalue weighted by atomic mass is 10.2. The lowest BCUT2D eigenvalue weighted by Gasteiger charge is -2.13. The van der Waals surface area contributed by atoms with E-state index in [1.165, 1.54) is 0 Å². The maximum absolute atomic E-state index is 8.87. The van der Waals surface area contributed by atoms with Crippen LogP contribution in [0.3, 0.4) is 0 Å². The van der Waals surface area contributed by atoms with Crippen molar-refractivity contribution in [1.29, 1.82) is 5.26 Å². The topological polar surface area (TPSA) is 27.0 Å². The second kappa shape index (κ2) is 4.20. The number of nitriles is 1. The fraction of sp³-hybridized carbons (Fsp3) is 0.300. The molecule has 0 fully saturated rings. The molecule has 0 amide bonds. The number of benzene rings is 1. The molecular weight excluding hydrogens is 180 g/mol. The summed E-state index contributed by atoms with van der Waals surface area (Å²) >= 11 is 1.60. The molecule has 0 radical (unpaired) electrons. The Hall–Kier alpha value is -1.14. The Morgan fingerprint density at radius 1 is 1.38 bits per heavy atom. The molecule has 0 heterocycles. The van der Waals surface area contributed by atoms with Gasteiger partial charge in [0, 0.05) is 24.7 Å². The van der Waals surface area contributed by atoms with Gasteiger partial charge in [0.15, 0.2) is 0 Å². The van der Waals surface area contributed by atoms with E-state index in [9.17, 15) is 0 Å². The van der Waals surface area contributed by atoms with Crippen molar-refractivity contribution in [2.75, 3.05) is 25.3 Å². The first-order valence-corrected chi connectivity index (χ1v) is 5.17. The standard InChI is InChI=1S/C10H12N2S/c1-12(2)9-4-5-10(13-3)8(6-9)7-11/h4-6H,1-3H3. The summed E-state index contributed by atoms with van der Waals surface area (Å²) in [6.45, 7) is 0. The van der Waals surface area contributed by atoms with Crippen LogP contribution in [-0.4, -0.2) is 20.4 Å². The summed E-state index contributed by atoms with van der Waals surface area (Å²) in [5.74, 6) is 0. The first kappa shape index (κ1) is 9.94. The van der Waals surface area contributed by atoms with Crippen molar-refractivity contribution < 1.29 is 0 Å². The van der Waals surface area contributed by atoms with E-state index in [0.717, 1.165) is 16.1 Å². The first-order chi connectivity index (χ1) is 6.19. The van der Waals surface area contributed by atoms with Gasteiger partial charge in [0.25, 0.3) is 0 Å². The van der Waals surface area contributed by atoms with Gasteiger partial charge in [-0.05, 0) is 24.5 Å². The van der Waals surface area contributed by atoms with Crippen LogP contribution in [0.5, 0.6) is 0 Å². The van der Waals surface area contributed by atoms with Crippen molar-refractivity contribution in [1.82, 2.24) is 0 Å². The molecule has 1 rings (SSSR count). The van der Waals surface area contributed by atoms with Crippen molar-refractivity contribution in [2.45, 2.75) is 4.90 Å². The summed E-state index contributed by atoms with van der Waals surface area (Å²) in [7, 11) is 3.94. The Balaban J connectivity index is 3.15. The third kappa shape index (κ3) is 2.16. The van der Waals surface area contributed by atoms with Gasteiger partial charge in [-0.25, -0.2) is 0 Å². The molecular formula is C10H12N2S. The summed E-state index contributed by atoms with van der Waals surface area (Å²) in [5, 5.41) is 8.87. The zero-order valence-corrected chi connectivity index (χ0v) is 8.85. The highest BCUT2D eigenvalue weighted by molar-refractivity contribution is 7.98. The van der Waals surface area contributed by atoms with Gasteiger partial charge >= 0.3 is 0 Å². The fourth-order valence-corrected chi connectivity index (χ4v) is 1.59. The minimum Gasteiger partial charge on any atom is -0.378 e. The Kier molecular flexibility index (Phi) is 3.21. The molecule has 0 N–H and O–H groups in total. The molecule has 1 aromatic carbocycles. The van der Waals surface area contributed by atoms with Crippen LogP contribution in [0.4, 0.5) is 5.69 Å². The average molecular weight is 192 g/mol. The zero-order valence-electron chi connectivity index (χ0n) is 8.03. The first-order valence-electron chi connectivity index (χ1n) is 3.94. The molecule has 13 heavy (non-hydrogen) atoms. The lowest BCUT2D eigenvalue weighted by Crippen LogP contribution is -2.08. The van der Waals surface area contributed by atoms with Crippen LogP contribution in [0.2, 0.25) is 0 Å². The minimum atomic E-state index is 0.749. The third-order valence-electron chi connectivity index (χ3n) is 1.82. The summed E-state index contributed by atoms with van der Waals surface area (Å²) < 4.78 is 0. The van der Waals surface area contributed by atoms with E-state index < -0.39 is 0 Å². The van der Waals surface area contributed by atoms with Crippen molar-refractivity contribution >= 4 is 17.4 Å². The lowest BCUT2D eigenvalue weighted by molar-refractivity contribution is 1.12. The number of thioether (sulfide) groups is 1. The van der Waals surface area contributed by atoms with Crippen LogP contribution < -0.4 is 4.90 Å². The Morgan fingerprint density at radius 2 is 2.08 bits per heavy atom. The van der Waals surface area contributed by atoms with Gasteiger partial charge in [0.1, 0.15) is 6.07 Å². The molecule has 0 saturated carbocycles. The molecule has 0 aliphatic heterocycles. The maximum Gasteiger partial charge on any atom is 0.100 e.